The van der Waals surface area contributed by atoms with Crippen molar-refractivity contribution < 1.29 is 18.8 Å². The second kappa shape index (κ2) is 5.93. The average molecular weight is 317 g/mol. The summed E-state index contributed by atoms with van der Waals surface area (Å²) in [6, 6.07) is 5.60. The normalized spacial score (nSPS) is 17.0. The van der Waals surface area contributed by atoms with Gasteiger partial charge in [-0.3, -0.25) is 5.32 Å². The molecule has 1 aromatic rings. The van der Waals surface area contributed by atoms with Gasteiger partial charge in [-0.25, -0.2) is 4.79 Å². The van der Waals surface area contributed by atoms with E-state index >= 15 is 0 Å². The molecule has 0 atom stereocenters. The van der Waals surface area contributed by atoms with Crippen LogP contribution in [0.3, 0.4) is 0 Å². The van der Waals surface area contributed by atoms with Crippen LogP contribution in [0.2, 0.25) is 0 Å². The van der Waals surface area contributed by atoms with Crippen molar-refractivity contribution in [1.29, 1.82) is 0 Å². The number of rotatable bonds is 2. The Morgan fingerprint density at radius 1 is 1.35 bits per heavy atom. The Morgan fingerprint density at radius 3 is 2.48 bits per heavy atom. The van der Waals surface area contributed by atoms with Gasteiger partial charge in [-0.1, -0.05) is 18.7 Å². The number of benzene rings is 1. The molecule has 0 aromatic heterocycles. The fourth-order valence-electron chi connectivity index (χ4n) is 2.15. The van der Waals surface area contributed by atoms with Crippen LogP contribution in [0.25, 0.3) is 0 Å². The maximum absolute atomic E-state index is 11.9. The first-order valence-corrected chi connectivity index (χ1v) is 7.62. The molecule has 1 heterocycles. The quantitative estimate of drug-likeness (QED) is 0.850. The number of carbonyl (C=O) groups is 1. The van der Waals surface area contributed by atoms with Crippen LogP contribution < -0.4 is 10.8 Å². The molecule has 1 aliphatic heterocycles. The predicted octanol–water partition coefficient (Wildman–Crippen LogP) is 3.38. The topological polar surface area (TPSA) is 56.8 Å². The van der Waals surface area contributed by atoms with Gasteiger partial charge < -0.3 is 14.0 Å². The van der Waals surface area contributed by atoms with Crippen LogP contribution in [0.1, 0.15) is 40.2 Å². The van der Waals surface area contributed by atoms with Gasteiger partial charge in [0.05, 0.1) is 5.76 Å². The van der Waals surface area contributed by atoms with Crippen LogP contribution in [0.15, 0.2) is 30.5 Å². The van der Waals surface area contributed by atoms with E-state index in [1.54, 1.807) is 0 Å². The third kappa shape index (κ3) is 4.29. The minimum atomic E-state index is -0.532. The maximum atomic E-state index is 11.9. The summed E-state index contributed by atoms with van der Waals surface area (Å²) < 4.78 is 16.8. The van der Waals surface area contributed by atoms with Crippen LogP contribution in [0.4, 0.5) is 10.5 Å². The molecule has 6 heteroatoms. The minimum absolute atomic E-state index is 0.476. The number of ether oxygens (including phenoxy) is 1. The average Bonchev–Trinajstić information content (AvgIpc) is 2.64. The smallest absolute Gasteiger partial charge is 0.534 e. The summed E-state index contributed by atoms with van der Waals surface area (Å²) in [5.74, 6) is 0.608. The molecule has 23 heavy (non-hydrogen) atoms. The zero-order chi connectivity index (χ0) is 17.4. The summed E-state index contributed by atoms with van der Waals surface area (Å²) in [4.78, 5) is 11.9. The molecule has 0 saturated carbocycles. The second-order valence-electron chi connectivity index (χ2n) is 7.20. The molecule has 124 valence electrons. The fraction of sp³-hybridized carbons (Fsp3) is 0.471. The van der Waals surface area contributed by atoms with Crippen LogP contribution in [0.5, 0.6) is 0 Å². The second-order valence-corrected chi connectivity index (χ2v) is 7.20. The Kier molecular flexibility index (Phi) is 4.49. The van der Waals surface area contributed by atoms with Crippen molar-refractivity contribution in [3.63, 3.8) is 0 Å². The third-order valence-electron chi connectivity index (χ3n) is 3.48. The molecule has 1 fully saturated rings. The van der Waals surface area contributed by atoms with Gasteiger partial charge in [0.25, 0.3) is 0 Å². The van der Waals surface area contributed by atoms with Gasteiger partial charge in [0.15, 0.2) is 0 Å². The summed E-state index contributed by atoms with van der Waals surface area (Å²) in [7, 11) is -0.480. The summed E-state index contributed by atoms with van der Waals surface area (Å²) in [5.41, 5.74) is 1.43. The first-order chi connectivity index (χ1) is 10.5. The molecular weight excluding hydrogens is 293 g/mol. The number of carbonyl (C=O) groups excluding carboxylic acids is 1. The monoisotopic (exact) mass is 317 g/mol. The highest BCUT2D eigenvalue weighted by Gasteiger charge is 2.42. The van der Waals surface area contributed by atoms with Gasteiger partial charge in [-0.15, -0.1) is 0 Å². The first kappa shape index (κ1) is 17.4. The van der Waals surface area contributed by atoms with Crippen molar-refractivity contribution in [3.8, 4) is 0 Å². The summed E-state index contributed by atoms with van der Waals surface area (Å²) in [6.07, 6.45) is -0.476. The lowest BCUT2D eigenvalue weighted by Crippen LogP contribution is -2.34. The van der Waals surface area contributed by atoms with E-state index in [4.69, 9.17) is 14.0 Å². The lowest BCUT2D eigenvalue weighted by Gasteiger charge is -2.20. The third-order valence-corrected chi connectivity index (χ3v) is 3.48. The number of hydrogen-bond acceptors (Lipinski definition) is 4. The molecule has 2 rings (SSSR count). The molecule has 0 radical (unpaired) electrons. The van der Waals surface area contributed by atoms with Gasteiger partial charge in [0, 0.05) is 5.69 Å². The molecule has 1 amide bonds. The fourth-order valence-corrected chi connectivity index (χ4v) is 2.15. The number of aryl methyl sites for hydroxylation is 1. The predicted molar refractivity (Wildman–Crippen MR) is 91.8 cm³/mol. The van der Waals surface area contributed by atoms with Crippen molar-refractivity contribution in [2.24, 2.45) is 0 Å². The Labute approximate surface area is 138 Å². The molecule has 1 aliphatic rings. The van der Waals surface area contributed by atoms with Gasteiger partial charge in [0.1, 0.15) is 11.2 Å². The van der Waals surface area contributed by atoms with Crippen LogP contribution in [-0.2, 0) is 14.0 Å². The van der Waals surface area contributed by atoms with E-state index in [1.807, 2.05) is 59.7 Å². The summed E-state index contributed by atoms with van der Waals surface area (Å²) in [6.45, 7) is 15.1. The van der Waals surface area contributed by atoms with Crippen molar-refractivity contribution in [3.05, 3.63) is 36.1 Å². The van der Waals surface area contributed by atoms with Crippen molar-refractivity contribution in [2.75, 3.05) is 5.32 Å². The molecular formula is C17H24BNO4. The lowest BCUT2D eigenvalue weighted by atomic mass is 9.78. The molecule has 1 N–H and O–H groups in total. The minimum Gasteiger partial charge on any atom is -0.534 e. The number of anilines is 1. The Morgan fingerprint density at radius 2 is 2.00 bits per heavy atom. The van der Waals surface area contributed by atoms with E-state index in [9.17, 15) is 4.79 Å². The SMILES string of the molecule is C=C1OB(c2ccc(NC(=O)OC(C)(C)C)c(C)c2)OC1(C)C. The lowest BCUT2D eigenvalue weighted by molar-refractivity contribution is 0.0636. The highest BCUT2D eigenvalue weighted by Crippen LogP contribution is 2.29. The van der Waals surface area contributed by atoms with Crippen LogP contribution >= 0.6 is 0 Å². The van der Waals surface area contributed by atoms with Crippen LogP contribution in [0, 0.1) is 6.92 Å². The largest absolute Gasteiger partial charge is 0.563 e. The van der Waals surface area contributed by atoms with Gasteiger partial charge in [0.2, 0.25) is 0 Å². The van der Waals surface area contributed by atoms with E-state index in [1.165, 1.54) is 0 Å². The number of nitrogens with one attached hydrogen (secondary N) is 1. The summed E-state index contributed by atoms with van der Waals surface area (Å²) >= 11 is 0. The van der Waals surface area contributed by atoms with Crippen molar-refractivity contribution in [1.82, 2.24) is 0 Å². The highest BCUT2D eigenvalue weighted by molar-refractivity contribution is 6.62. The van der Waals surface area contributed by atoms with Gasteiger partial charge in [-0.05, 0) is 58.6 Å². The molecule has 0 bridgehead atoms. The molecule has 0 aliphatic carbocycles. The molecule has 5 nitrogen and oxygen atoms in total. The maximum Gasteiger partial charge on any atom is 0.563 e. The first-order valence-electron chi connectivity index (χ1n) is 7.62. The Hall–Kier alpha value is -1.95. The molecule has 0 spiro atoms. The molecule has 1 aromatic carbocycles. The Balaban J connectivity index is 2.10. The zero-order valence-corrected chi connectivity index (χ0v) is 14.6. The van der Waals surface area contributed by atoms with Crippen molar-refractivity contribution >= 4 is 24.4 Å². The van der Waals surface area contributed by atoms with E-state index in [-0.39, 0.29) is 0 Å². The number of hydrogen-bond donors (Lipinski definition) is 1. The van der Waals surface area contributed by atoms with E-state index in [0.29, 0.717) is 11.4 Å². The molecule has 1 saturated heterocycles. The van der Waals surface area contributed by atoms with E-state index in [0.717, 1.165) is 11.0 Å². The molecule has 0 unspecified atom stereocenters. The van der Waals surface area contributed by atoms with Gasteiger partial charge in [-0.2, -0.15) is 0 Å². The zero-order valence-electron chi connectivity index (χ0n) is 14.6. The Bertz CT molecular complexity index is 634. The van der Waals surface area contributed by atoms with E-state index in [2.05, 4.69) is 11.9 Å². The highest BCUT2D eigenvalue weighted by atomic mass is 16.7. The van der Waals surface area contributed by atoms with Crippen LogP contribution in [-0.4, -0.2) is 24.4 Å². The van der Waals surface area contributed by atoms with Crippen molar-refractivity contribution in [2.45, 2.75) is 52.7 Å². The van der Waals surface area contributed by atoms with E-state index < -0.39 is 24.4 Å². The number of amides is 1. The summed E-state index contributed by atoms with van der Waals surface area (Å²) in [5, 5.41) is 2.75. The standard InChI is InChI=1S/C17H24BNO4/c1-11-10-13(18-22-12(2)17(6,7)23-18)8-9-14(11)19-15(20)21-16(3,4)5/h8-10H,2H2,1,3-7H3,(H,19,20). The van der Waals surface area contributed by atoms with Gasteiger partial charge >= 0.3 is 13.2 Å².